The summed E-state index contributed by atoms with van der Waals surface area (Å²) in [5.74, 6) is 0.0593. The molecule has 1 atom stereocenters. The van der Waals surface area contributed by atoms with Crippen LogP contribution in [0.2, 0.25) is 0 Å². The van der Waals surface area contributed by atoms with E-state index >= 15 is 0 Å². The Morgan fingerprint density at radius 2 is 1.85 bits per heavy atom. The first kappa shape index (κ1) is 17.4. The molecule has 0 aromatic rings. The lowest BCUT2D eigenvalue weighted by Crippen LogP contribution is -2.39. The van der Waals surface area contributed by atoms with Gasteiger partial charge < -0.3 is 4.74 Å². The second-order valence-corrected chi connectivity index (χ2v) is 7.53. The van der Waals surface area contributed by atoms with E-state index in [1.165, 1.54) is 32.8 Å². The number of methoxy groups -OCH3 is 1. The van der Waals surface area contributed by atoms with Crippen LogP contribution < -0.4 is 4.72 Å². The number of sulfonamides is 1. The lowest BCUT2D eigenvalue weighted by molar-refractivity contribution is -0.140. The summed E-state index contributed by atoms with van der Waals surface area (Å²) in [4.78, 5) is 11.0. The number of hydrogen-bond donors (Lipinski definition) is 1. The summed E-state index contributed by atoms with van der Waals surface area (Å²) in [6.07, 6.45) is 7.56. The van der Waals surface area contributed by atoms with Crippen molar-refractivity contribution >= 4 is 16.0 Å². The average molecular weight is 305 g/mol. The average Bonchev–Trinajstić information content (AvgIpc) is 2.66. The zero-order valence-corrected chi connectivity index (χ0v) is 13.4. The van der Waals surface area contributed by atoms with Gasteiger partial charge in [0.05, 0.1) is 12.9 Å². The zero-order chi connectivity index (χ0) is 15.0. The first-order valence-electron chi connectivity index (χ1n) is 7.51. The van der Waals surface area contributed by atoms with Crippen LogP contribution in [0, 0.1) is 5.92 Å². The smallest absolute Gasteiger partial charge is 0.305 e. The van der Waals surface area contributed by atoms with Gasteiger partial charge >= 0.3 is 5.97 Å². The molecule has 0 bridgehead atoms. The highest BCUT2D eigenvalue weighted by atomic mass is 32.2. The first-order chi connectivity index (χ1) is 9.44. The molecule has 0 aliphatic heterocycles. The standard InChI is InChI=1S/C14H27NO4S/c1-12(13-8-5-3-4-6-9-13)15-20(17,18)11-7-10-14(16)19-2/h12-13,15H,3-11H2,1-2H3/t12-/m1/s1. The van der Waals surface area contributed by atoms with Crippen LogP contribution in [0.4, 0.5) is 0 Å². The molecule has 1 aliphatic carbocycles. The molecule has 0 spiro atoms. The van der Waals surface area contributed by atoms with Gasteiger partial charge in [0, 0.05) is 12.5 Å². The van der Waals surface area contributed by atoms with E-state index in [4.69, 9.17) is 0 Å². The van der Waals surface area contributed by atoms with Crippen LogP contribution in [0.25, 0.3) is 0 Å². The third kappa shape index (κ3) is 6.70. The van der Waals surface area contributed by atoms with Crippen molar-refractivity contribution in [1.82, 2.24) is 4.72 Å². The zero-order valence-electron chi connectivity index (χ0n) is 12.6. The molecule has 0 aromatic heterocycles. The molecule has 1 fully saturated rings. The molecule has 1 rings (SSSR count). The van der Waals surface area contributed by atoms with Crippen LogP contribution in [0.5, 0.6) is 0 Å². The third-order valence-corrected chi connectivity index (χ3v) is 5.55. The Labute approximate surface area is 122 Å². The molecule has 0 unspecified atom stereocenters. The Kier molecular flexibility index (Phi) is 7.51. The largest absolute Gasteiger partial charge is 0.469 e. The van der Waals surface area contributed by atoms with E-state index in [1.54, 1.807) is 0 Å². The minimum Gasteiger partial charge on any atom is -0.469 e. The Balaban J connectivity index is 2.37. The number of carbonyl (C=O) groups is 1. The normalized spacial score (nSPS) is 19.3. The highest BCUT2D eigenvalue weighted by molar-refractivity contribution is 7.89. The molecule has 118 valence electrons. The summed E-state index contributed by atoms with van der Waals surface area (Å²) >= 11 is 0. The van der Waals surface area contributed by atoms with Gasteiger partial charge in [0.25, 0.3) is 0 Å². The van der Waals surface area contributed by atoms with E-state index in [9.17, 15) is 13.2 Å². The van der Waals surface area contributed by atoms with Crippen molar-refractivity contribution in [2.75, 3.05) is 12.9 Å². The summed E-state index contributed by atoms with van der Waals surface area (Å²) in [6.45, 7) is 1.95. The van der Waals surface area contributed by atoms with Crippen molar-refractivity contribution in [3.05, 3.63) is 0 Å². The number of rotatable bonds is 7. The van der Waals surface area contributed by atoms with Crippen molar-refractivity contribution in [3.8, 4) is 0 Å². The number of carbonyl (C=O) groups excluding carboxylic acids is 1. The van der Waals surface area contributed by atoms with Gasteiger partial charge in [0.1, 0.15) is 0 Å². The van der Waals surface area contributed by atoms with Crippen LogP contribution in [0.15, 0.2) is 0 Å². The van der Waals surface area contributed by atoms with Gasteiger partial charge in [-0.15, -0.1) is 0 Å². The molecule has 0 heterocycles. The van der Waals surface area contributed by atoms with E-state index in [2.05, 4.69) is 9.46 Å². The highest BCUT2D eigenvalue weighted by Gasteiger charge is 2.23. The quantitative estimate of drug-likeness (QED) is 0.578. The van der Waals surface area contributed by atoms with E-state index in [0.29, 0.717) is 12.3 Å². The maximum atomic E-state index is 12.0. The minimum atomic E-state index is -3.30. The van der Waals surface area contributed by atoms with Crippen molar-refractivity contribution in [2.45, 2.75) is 64.3 Å². The fourth-order valence-electron chi connectivity index (χ4n) is 2.76. The number of nitrogens with one attached hydrogen (secondary N) is 1. The van der Waals surface area contributed by atoms with Crippen LogP contribution in [-0.4, -0.2) is 33.3 Å². The van der Waals surface area contributed by atoms with E-state index < -0.39 is 10.0 Å². The van der Waals surface area contributed by atoms with Crippen LogP contribution >= 0.6 is 0 Å². The summed E-state index contributed by atoms with van der Waals surface area (Å²) in [5.41, 5.74) is 0. The lowest BCUT2D eigenvalue weighted by atomic mass is 9.94. The van der Waals surface area contributed by atoms with Crippen molar-refractivity contribution in [3.63, 3.8) is 0 Å². The van der Waals surface area contributed by atoms with Gasteiger partial charge in [-0.2, -0.15) is 0 Å². The van der Waals surface area contributed by atoms with Crippen LogP contribution in [-0.2, 0) is 19.6 Å². The summed E-state index contributed by atoms with van der Waals surface area (Å²) in [6, 6.07) is -0.0174. The second-order valence-electron chi connectivity index (χ2n) is 5.66. The van der Waals surface area contributed by atoms with Crippen LogP contribution in [0.3, 0.4) is 0 Å². The van der Waals surface area contributed by atoms with Gasteiger partial charge in [-0.1, -0.05) is 25.7 Å². The number of esters is 1. The van der Waals surface area contributed by atoms with E-state index in [-0.39, 0.29) is 24.2 Å². The molecule has 1 N–H and O–H groups in total. The van der Waals surface area contributed by atoms with Gasteiger partial charge in [0.2, 0.25) is 10.0 Å². The maximum absolute atomic E-state index is 12.0. The summed E-state index contributed by atoms with van der Waals surface area (Å²) < 4.78 is 31.2. The molecule has 5 nitrogen and oxygen atoms in total. The van der Waals surface area contributed by atoms with Crippen molar-refractivity contribution in [1.29, 1.82) is 0 Å². The van der Waals surface area contributed by atoms with Gasteiger partial charge in [0.15, 0.2) is 0 Å². The fourth-order valence-corrected chi connectivity index (χ4v) is 4.16. The molecular formula is C14H27NO4S. The Morgan fingerprint density at radius 3 is 2.40 bits per heavy atom. The molecule has 0 saturated heterocycles. The van der Waals surface area contributed by atoms with Crippen molar-refractivity contribution in [2.24, 2.45) is 5.92 Å². The second kappa shape index (κ2) is 8.62. The third-order valence-electron chi connectivity index (χ3n) is 3.99. The summed E-state index contributed by atoms with van der Waals surface area (Å²) in [5, 5.41) is 0. The Morgan fingerprint density at radius 1 is 1.25 bits per heavy atom. The van der Waals surface area contributed by atoms with Gasteiger partial charge in [-0.25, -0.2) is 13.1 Å². The predicted molar refractivity (Wildman–Crippen MR) is 78.8 cm³/mol. The van der Waals surface area contributed by atoms with Gasteiger partial charge in [-0.3, -0.25) is 4.79 Å². The van der Waals surface area contributed by atoms with Crippen LogP contribution in [0.1, 0.15) is 58.3 Å². The van der Waals surface area contributed by atoms with Crippen molar-refractivity contribution < 1.29 is 17.9 Å². The summed E-state index contributed by atoms with van der Waals surface area (Å²) in [7, 11) is -1.99. The topological polar surface area (TPSA) is 72.5 Å². The number of hydrogen-bond acceptors (Lipinski definition) is 4. The van der Waals surface area contributed by atoms with Gasteiger partial charge in [-0.05, 0) is 32.1 Å². The minimum absolute atomic E-state index is 0.0147. The lowest BCUT2D eigenvalue weighted by Gasteiger charge is -2.23. The number of ether oxygens (including phenoxy) is 1. The molecule has 20 heavy (non-hydrogen) atoms. The monoisotopic (exact) mass is 305 g/mol. The molecular weight excluding hydrogens is 278 g/mol. The SMILES string of the molecule is COC(=O)CCCS(=O)(=O)N[C@H](C)C1CCCCCC1. The first-order valence-corrected chi connectivity index (χ1v) is 9.16. The fraction of sp³-hybridized carbons (Fsp3) is 0.929. The molecule has 6 heteroatoms. The molecule has 0 amide bonds. The highest BCUT2D eigenvalue weighted by Crippen LogP contribution is 2.25. The molecule has 1 saturated carbocycles. The maximum Gasteiger partial charge on any atom is 0.305 e. The van der Waals surface area contributed by atoms with E-state index in [0.717, 1.165) is 12.8 Å². The molecule has 1 aliphatic rings. The molecule has 0 radical (unpaired) electrons. The Hall–Kier alpha value is -0.620. The predicted octanol–water partition coefficient (Wildman–Crippen LogP) is 2.22. The van der Waals surface area contributed by atoms with E-state index in [1.807, 2.05) is 6.92 Å². The molecule has 0 aromatic carbocycles. The Bertz CT molecular complexity index is 386.